The Morgan fingerprint density at radius 2 is 2.26 bits per heavy atom. The molecule has 0 unspecified atom stereocenters. The van der Waals surface area contributed by atoms with Crippen LogP contribution in [0, 0.1) is 11.3 Å². The molecule has 1 aromatic carbocycles. The van der Waals surface area contributed by atoms with E-state index in [1.54, 1.807) is 19.2 Å². The van der Waals surface area contributed by atoms with Crippen molar-refractivity contribution < 1.29 is 9.53 Å². The summed E-state index contributed by atoms with van der Waals surface area (Å²) in [7, 11) is 1.62. The summed E-state index contributed by atoms with van der Waals surface area (Å²) in [6.07, 6.45) is 0.412. The lowest BCUT2D eigenvalue weighted by Gasteiger charge is -2.19. The van der Waals surface area contributed by atoms with Gasteiger partial charge in [0, 0.05) is 36.7 Å². The van der Waals surface area contributed by atoms with Crippen LogP contribution in [-0.2, 0) is 4.74 Å². The van der Waals surface area contributed by atoms with E-state index < -0.39 is 0 Å². The highest BCUT2D eigenvalue weighted by Crippen LogP contribution is 2.12. The van der Waals surface area contributed by atoms with Crippen molar-refractivity contribution in [3.8, 4) is 6.07 Å². The fourth-order valence-corrected chi connectivity index (χ4v) is 2.05. The quantitative estimate of drug-likeness (QED) is 0.689. The highest BCUT2D eigenvalue weighted by atomic mass is 79.9. The number of carbonyl (C=O) groups excluding carboxylic acids is 1. The molecule has 0 aliphatic heterocycles. The van der Waals surface area contributed by atoms with Crippen LogP contribution < -0.4 is 0 Å². The van der Waals surface area contributed by atoms with E-state index in [9.17, 15) is 4.79 Å². The Kier molecular flexibility index (Phi) is 7.34. The SMILES string of the molecule is COCCN(CCC#N)CC(=O)c1cccc(Br)c1. The van der Waals surface area contributed by atoms with Crippen LogP contribution in [0.5, 0.6) is 0 Å². The number of halogens is 1. The summed E-state index contributed by atoms with van der Waals surface area (Å²) in [4.78, 5) is 14.1. The lowest BCUT2D eigenvalue weighted by atomic mass is 10.1. The molecule has 0 aliphatic rings. The average Bonchev–Trinajstić information content (AvgIpc) is 2.41. The van der Waals surface area contributed by atoms with Gasteiger partial charge < -0.3 is 4.74 Å². The number of rotatable bonds is 8. The van der Waals surface area contributed by atoms with Crippen LogP contribution in [0.15, 0.2) is 28.7 Å². The fraction of sp³-hybridized carbons (Fsp3) is 0.429. The number of methoxy groups -OCH3 is 1. The number of nitrogens with zero attached hydrogens (tertiary/aromatic N) is 2. The first kappa shape index (κ1) is 15.8. The van der Waals surface area contributed by atoms with Crippen molar-refractivity contribution >= 4 is 21.7 Å². The first-order valence-corrected chi connectivity index (χ1v) is 6.83. The minimum atomic E-state index is 0.0512. The second kappa shape index (κ2) is 8.81. The van der Waals surface area contributed by atoms with Crippen molar-refractivity contribution in [2.75, 3.05) is 33.4 Å². The molecule has 0 saturated heterocycles. The Bertz CT molecular complexity index is 457. The molecule has 4 nitrogen and oxygen atoms in total. The van der Waals surface area contributed by atoms with E-state index in [4.69, 9.17) is 10.00 Å². The smallest absolute Gasteiger partial charge is 0.176 e. The standard InChI is InChI=1S/C14H17BrN2O2/c1-19-9-8-17(7-3-6-16)11-14(18)12-4-2-5-13(15)10-12/h2,4-5,10H,3,7-9,11H2,1H3. The highest BCUT2D eigenvalue weighted by molar-refractivity contribution is 9.10. The molecule has 0 N–H and O–H groups in total. The number of carbonyl (C=O) groups is 1. The Morgan fingerprint density at radius 1 is 1.47 bits per heavy atom. The molecule has 0 fully saturated rings. The molecular weight excluding hydrogens is 308 g/mol. The van der Waals surface area contributed by atoms with Crippen molar-refractivity contribution in [2.45, 2.75) is 6.42 Å². The van der Waals surface area contributed by atoms with Gasteiger partial charge in [0.2, 0.25) is 0 Å². The second-order valence-electron chi connectivity index (χ2n) is 4.11. The third-order valence-electron chi connectivity index (χ3n) is 2.67. The molecule has 1 rings (SSSR count). The van der Waals surface area contributed by atoms with E-state index in [0.717, 1.165) is 4.47 Å². The number of benzene rings is 1. The Morgan fingerprint density at radius 3 is 2.89 bits per heavy atom. The molecular formula is C14H17BrN2O2. The normalized spacial score (nSPS) is 10.4. The summed E-state index contributed by atoms with van der Waals surface area (Å²) in [5, 5.41) is 8.63. The number of hydrogen-bond acceptors (Lipinski definition) is 4. The van der Waals surface area contributed by atoms with Gasteiger partial charge in [-0.25, -0.2) is 0 Å². The molecule has 0 bridgehead atoms. The fourth-order valence-electron chi connectivity index (χ4n) is 1.65. The van der Waals surface area contributed by atoms with Crippen molar-refractivity contribution in [2.24, 2.45) is 0 Å². The largest absolute Gasteiger partial charge is 0.383 e. The van der Waals surface area contributed by atoms with Gasteiger partial charge in [0.1, 0.15) is 0 Å². The topological polar surface area (TPSA) is 53.3 Å². The van der Waals surface area contributed by atoms with Gasteiger partial charge in [-0.05, 0) is 12.1 Å². The van der Waals surface area contributed by atoms with Gasteiger partial charge in [-0.15, -0.1) is 0 Å². The Hall–Kier alpha value is -1.22. The summed E-state index contributed by atoms with van der Waals surface area (Å²) in [6, 6.07) is 9.42. The molecule has 0 radical (unpaired) electrons. The third-order valence-corrected chi connectivity index (χ3v) is 3.16. The predicted octanol–water partition coefficient (Wildman–Crippen LogP) is 2.49. The number of nitriles is 1. The van der Waals surface area contributed by atoms with Gasteiger partial charge in [-0.3, -0.25) is 9.69 Å². The number of ketones is 1. The predicted molar refractivity (Wildman–Crippen MR) is 77.0 cm³/mol. The van der Waals surface area contributed by atoms with Crippen LogP contribution >= 0.6 is 15.9 Å². The Labute approximate surface area is 122 Å². The van der Waals surface area contributed by atoms with Gasteiger partial charge in [0.05, 0.1) is 19.2 Å². The summed E-state index contributed by atoms with van der Waals surface area (Å²) >= 11 is 3.35. The number of ether oxygens (including phenoxy) is 1. The number of hydrogen-bond donors (Lipinski definition) is 0. The van der Waals surface area contributed by atoms with Crippen molar-refractivity contribution in [1.82, 2.24) is 4.90 Å². The third kappa shape index (κ3) is 5.97. The average molecular weight is 325 g/mol. The van der Waals surface area contributed by atoms with Crippen LogP contribution in [0.2, 0.25) is 0 Å². The first-order chi connectivity index (χ1) is 9.17. The zero-order valence-electron chi connectivity index (χ0n) is 10.9. The molecule has 102 valence electrons. The van der Waals surface area contributed by atoms with Gasteiger partial charge in [-0.1, -0.05) is 28.1 Å². The van der Waals surface area contributed by atoms with Crippen molar-refractivity contribution in [3.05, 3.63) is 34.3 Å². The van der Waals surface area contributed by atoms with Crippen molar-refractivity contribution in [3.63, 3.8) is 0 Å². The van der Waals surface area contributed by atoms with Crippen LogP contribution in [0.1, 0.15) is 16.8 Å². The minimum Gasteiger partial charge on any atom is -0.383 e. The summed E-state index contributed by atoms with van der Waals surface area (Å²) in [5.41, 5.74) is 0.675. The minimum absolute atomic E-state index is 0.0512. The van der Waals surface area contributed by atoms with E-state index in [0.29, 0.717) is 38.2 Å². The molecule has 0 spiro atoms. The van der Waals surface area contributed by atoms with E-state index in [-0.39, 0.29) is 5.78 Å². The van der Waals surface area contributed by atoms with Gasteiger partial charge in [0.25, 0.3) is 0 Å². The molecule has 0 aliphatic carbocycles. The molecule has 0 heterocycles. The molecule has 0 aromatic heterocycles. The highest BCUT2D eigenvalue weighted by Gasteiger charge is 2.12. The van der Waals surface area contributed by atoms with Crippen LogP contribution in [0.3, 0.4) is 0 Å². The summed E-state index contributed by atoms with van der Waals surface area (Å²) < 4.78 is 5.90. The maximum atomic E-state index is 12.1. The molecule has 1 aromatic rings. The maximum absolute atomic E-state index is 12.1. The molecule has 5 heteroatoms. The van der Waals surface area contributed by atoms with E-state index >= 15 is 0 Å². The monoisotopic (exact) mass is 324 g/mol. The second-order valence-corrected chi connectivity index (χ2v) is 5.03. The summed E-state index contributed by atoms with van der Waals surface area (Å²) in [6.45, 7) is 2.09. The zero-order chi connectivity index (χ0) is 14.1. The van der Waals surface area contributed by atoms with Crippen LogP contribution in [-0.4, -0.2) is 44.0 Å². The number of Topliss-reactive ketones (excluding diaryl/α,β-unsaturated/α-hetero) is 1. The van der Waals surface area contributed by atoms with E-state index in [2.05, 4.69) is 22.0 Å². The van der Waals surface area contributed by atoms with E-state index in [1.807, 2.05) is 17.0 Å². The van der Waals surface area contributed by atoms with Crippen molar-refractivity contribution in [1.29, 1.82) is 5.26 Å². The lowest BCUT2D eigenvalue weighted by molar-refractivity contribution is 0.0898. The molecule has 0 amide bonds. The van der Waals surface area contributed by atoms with Gasteiger partial charge in [-0.2, -0.15) is 5.26 Å². The van der Waals surface area contributed by atoms with Gasteiger partial charge in [0.15, 0.2) is 5.78 Å². The van der Waals surface area contributed by atoms with Gasteiger partial charge >= 0.3 is 0 Å². The van der Waals surface area contributed by atoms with E-state index in [1.165, 1.54) is 0 Å². The molecule has 0 atom stereocenters. The lowest BCUT2D eigenvalue weighted by Crippen LogP contribution is -2.33. The zero-order valence-corrected chi connectivity index (χ0v) is 12.5. The molecule has 19 heavy (non-hydrogen) atoms. The van der Waals surface area contributed by atoms with Crippen LogP contribution in [0.4, 0.5) is 0 Å². The molecule has 0 saturated carbocycles. The maximum Gasteiger partial charge on any atom is 0.176 e. The summed E-state index contributed by atoms with van der Waals surface area (Å²) in [5.74, 6) is 0.0512. The first-order valence-electron chi connectivity index (χ1n) is 6.04. The Balaban J connectivity index is 2.61. The van der Waals surface area contributed by atoms with Crippen LogP contribution in [0.25, 0.3) is 0 Å².